The maximum absolute atomic E-state index is 13.5. The van der Waals surface area contributed by atoms with Gasteiger partial charge in [-0.25, -0.2) is 4.98 Å². The Balaban J connectivity index is 1.88. The van der Waals surface area contributed by atoms with Gasteiger partial charge in [-0.2, -0.15) is 9.78 Å². The van der Waals surface area contributed by atoms with Crippen LogP contribution in [0.4, 0.5) is 0 Å². The highest BCUT2D eigenvalue weighted by molar-refractivity contribution is 9.13. The zero-order valence-electron chi connectivity index (χ0n) is 17.7. The highest BCUT2D eigenvalue weighted by atomic mass is 79.9. The van der Waals surface area contributed by atoms with Crippen LogP contribution in [-0.2, 0) is 0 Å². The number of benzene rings is 2. The van der Waals surface area contributed by atoms with E-state index in [-0.39, 0.29) is 11.5 Å². The van der Waals surface area contributed by atoms with Crippen LogP contribution < -0.4 is 15.0 Å². The molecule has 0 unspecified atom stereocenters. The van der Waals surface area contributed by atoms with Gasteiger partial charge in [0.15, 0.2) is 11.5 Å². The van der Waals surface area contributed by atoms with Crippen LogP contribution in [0.25, 0.3) is 10.9 Å². The molecule has 3 aromatic rings. The second-order valence-corrected chi connectivity index (χ2v) is 10.2. The van der Waals surface area contributed by atoms with Gasteiger partial charge in [0.2, 0.25) is 0 Å². The maximum atomic E-state index is 13.5. The van der Waals surface area contributed by atoms with E-state index in [1.165, 1.54) is 11.1 Å². The number of fused-ring (bicyclic) bond motifs is 1. The van der Waals surface area contributed by atoms with Crippen LogP contribution in [0.3, 0.4) is 0 Å². The first-order chi connectivity index (χ1) is 15.4. The van der Waals surface area contributed by atoms with Crippen LogP contribution in [0, 0.1) is 0 Å². The van der Waals surface area contributed by atoms with Gasteiger partial charge in [-0.3, -0.25) is 4.79 Å². The Kier molecular flexibility index (Phi) is 7.37. The zero-order chi connectivity index (χ0) is 22.8. The van der Waals surface area contributed by atoms with Crippen molar-refractivity contribution in [2.45, 2.75) is 38.0 Å². The minimum Gasteiger partial charge on any atom is -0.493 e. The van der Waals surface area contributed by atoms with Crippen LogP contribution in [0.5, 0.6) is 11.5 Å². The molecule has 0 saturated heterocycles. The Morgan fingerprint density at radius 1 is 1.06 bits per heavy atom. The normalized spacial score (nSPS) is 14.9. The molecule has 32 heavy (non-hydrogen) atoms. The molecular weight excluding hydrogens is 606 g/mol. The third-order valence-corrected chi connectivity index (χ3v) is 8.33. The molecule has 0 N–H and O–H groups in total. The molecule has 0 atom stereocenters. The fourth-order valence-corrected chi connectivity index (χ4v) is 5.41. The van der Waals surface area contributed by atoms with E-state index in [4.69, 9.17) is 14.5 Å². The first-order valence-corrected chi connectivity index (χ1v) is 12.7. The third-order valence-electron chi connectivity index (χ3n) is 5.70. The highest BCUT2D eigenvalue weighted by Crippen LogP contribution is 2.42. The van der Waals surface area contributed by atoms with Crippen molar-refractivity contribution in [1.82, 2.24) is 9.66 Å². The molecule has 4 rings (SSSR count). The first kappa shape index (κ1) is 23.4. The van der Waals surface area contributed by atoms with Crippen LogP contribution in [0.15, 0.2) is 47.6 Å². The lowest BCUT2D eigenvalue weighted by Gasteiger charge is -2.22. The second-order valence-electron chi connectivity index (χ2n) is 7.66. The summed E-state index contributed by atoms with van der Waals surface area (Å²) in [5.41, 5.74) is 1.26. The molecule has 0 radical (unpaired) electrons. The molecule has 1 aliphatic rings. The molecule has 1 aliphatic carbocycles. The quantitative estimate of drug-likeness (QED) is 0.298. The van der Waals surface area contributed by atoms with Gasteiger partial charge in [0.25, 0.3) is 5.56 Å². The summed E-state index contributed by atoms with van der Waals surface area (Å²) in [5, 5.41) is 5.15. The lowest BCUT2D eigenvalue weighted by atomic mass is 9.88. The summed E-state index contributed by atoms with van der Waals surface area (Å²) >= 11 is 10.6. The molecule has 0 spiro atoms. The Labute approximate surface area is 211 Å². The van der Waals surface area contributed by atoms with E-state index < -0.39 is 0 Å². The molecule has 6 nitrogen and oxygen atoms in total. The molecular formula is C23H22Br3N3O3. The lowest BCUT2D eigenvalue weighted by Crippen LogP contribution is -2.25. The zero-order valence-corrected chi connectivity index (χ0v) is 22.5. The Morgan fingerprint density at radius 3 is 2.50 bits per heavy atom. The van der Waals surface area contributed by atoms with Gasteiger partial charge in [-0.1, -0.05) is 35.2 Å². The number of rotatable bonds is 5. The number of hydrogen-bond acceptors (Lipinski definition) is 5. The fraction of sp³-hybridized carbons (Fsp3) is 0.348. The molecule has 0 bridgehead atoms. The van der Waals surface area contributed by atoms with Crippen LogP contribution >= 0.6 is 47.8 Å². The number of nitrogens with zero attached hydrogens (tertiary/aromatic N) is 3. The van der Waals surface area contributed by atoms with Gasteiger partial charge in [0.05, 0.1) is 35.8 Å². The monoisotopic (exact) mass is 625 g/mol. The van der Waals surface area contributed by atoms with Crippen molar-refractivity contribution in [3.05, 3.63) is 59.4 Å². The Hall–Kier alpha value is -1.71. The predicted molar refractivity (Wildman–Crippen MR) is 137 cm³/mol. The number of ether oxygens (including phenoxy) is 2. The molecule has 9 heteroatoms. The third kappa shape index (κ3) is 4.52. The van der Waals surface area contributed by atoms with Crippen molar-refractivity contribution in [3.8, 4) is 11.5 Å². The molecule has 0 amide bonds. The van der Waals surface area contributed by atoms with Crippen LogP contribution in [-0.4, -0.2) is 30.1 Å². The van der Waals surface area contributed by atoms with E-state index in [0.717, 1.165) is 46.0 Å². The standard InChI is InChI=1S/C23H22Br3N3O3/c1-31-18-10-14(19(25)20(26)21(18)32-2)12-27-29-22(13-6-4-3-5-7-13)28-17-9-8-15(24)11-16(17)23(29)30/h8-13H,3-7H2,1-2H3. The molecule has 1 fully saturated rings. The smallest absolute Gasteiger partial charge is 0.282 e. The number of methoxy groups -OCH3 is 2. The van der Waals surface area contributed by atoms with E-state index in [2.05, 4.69) is 52.9 Å². The van der Waals surface area contributed by atoms with Crippen molar-refractivity contribution < 1.29 is 9.47 Å². The van der Waals surface area contributed by atoms with Crippen molar-refractivity contribution in [2.24, 2.45) is 5.10 Å². The summed E-state index contributed by atoms with van der Waals surface area (Å²) in [6.45, 7) is 0. The highest BCUT2D eigenvalue weighted by Gasteiger charge is 2.23. The largest absolute Gasteiger partial charge is 0.493 e. The summed E-state index contributed by atoms with van der Waals surface area (Å²) in [6.07, 6.45) is 7.16. The second kappa shape index (κ2) is 10.1. The van der Waals surface area contributed by atoms with Gasteiger partial charge in [0, 0.05) is 20.4 Å². The maximum Gasteiger partial charge on any atom is 0.282 e. The number of hydrogen-bond donors (Lipinski definition) is 0. The first-order valence-electron chi connectivity index (χ1n) is 10.3. The van der Waals surface area contributed by atoms with Crippen LogP contribution in [0.2, 0.25) is 0 Å². The van der Waals surface area contributed by atoms with Gasteiger partial charge in [-0.15, -0.1) is 0 Å². The van der Waals surface area contributed by atoms with Crippen molar-refractivity contribution >= 4 is 64.9 Å². The lowest BCUT2D eigenvalue weighted by molar-refractivity contribution is 0.353. The van der Waals surface area contributed by atoms with E-state index in [1.54, 1.807) is 26.5 Å². The SMILES string of the molecule is COc1cc(C=Nn2c(C3CCCCC3)nc3ccc(Br)cc3c2=O)c(Br)c(Br)c1OC. The van der Waals surface area contributed by atoms with E-state index >= 15 is 0 Å². The summed E-state index contributed by atoms with van der Waals surface area (Å²) in [7, 11) is 3.16. The van der Waals surface area contributed by atoms with E-state index in [1.807, 2.05) is 18.2 Å². The fourth-order valence-electron chi connectivity index (χ4n) is 4.06. The van der Waals surface area contributed by atoms with Gasteiger partial charge in [0.1, 0.15) is 5.82 Å². The number of halogens is 3. The van der Waals surface area contributed by atoms with Crippen molar-refractivity contribution in [1.29, 1.82) is 0 Å². The topological polar surface area (TPSA) is 65.7 Å². The molecule has 1 saturated carbocycles. The average molecular weight is 628 g/mol. The predicted octanol–water partition coefficient (Wildman–Crippen LogP) is 6.63. The summed E-state index contributed by atoms with van der Waals surface area (Å²) in [5.74, 6) is 2.07. The van der Waals surface area contributed by atoms with E-state index in [9.17, 15) is 4.79 Å². The Morgan fingerprint density at radius 2 is 1.81 bits per heavy atom. The Bertz CT molecular complexity index is 1250. The average Bonchev–Trinajstić information content (AvgIpc) is 2.81. The molecule has 1 aromatic heterocycles. The number of aromatic nitrogens is 2. The summed E-state index contributed by atoms with van der Waals surface area (Å²) < 4.78 is 14.6. The van der Waals surface area contributed by atoms with Gasteiger partial charge in [-0.05, 0) is 69.0 Å². The van der Waals surface area contributed by atoms with Crippen molar-refractivity contribution in [2.75, 3.05) is 14.2 Å². The minimum absolute atomic E-state index is 0.177. The molecule has 2 aromatic carbocycles. The minimum atomic E-state index is -0.177. The van der Waals surface area contributed by atoms with Gasteiger partial charge < -0.3 is 9.47 Å². The van der Waals surface area contributed by atoms with Gasteiger partial charge >= 0.3 is 0 Å². The molecule has 1 heterocycles. The van der Waals surface area contributed by atoms with E-state index in [0.29, 0.717) is 26.9 Å². The van der Waals surface area contributed by atoms with Crippen LogP contribution in [0.1, 0.15) is 49.4 Å². The van der Waals surface area contributed by atoms with Crippen molar-refractivity contribution in [3.63, 3.8) is 0 Å². The molecule has 0 aliphatic heterocycles. The summed E-state index contributed by atoms with van der Waals surface area (Å²) in [4.78, 5) is 18.3. The molecule has 168 valence electrons. The summed E-state index contributed by atoms with van der Waals surface area (Å²) in [6, 6.07) is 7.40.